The number of nitrogens with zero attached hydrogens (tertiary/aromatic N) is 2. The molecule has 0 amide bonds. The van der Waals surface area contributed by atoms with Gasteiger partial charge in [0, 0.05) is 13.8 Å². The van der Waals surface area contributed by atoms with Crippen LogP contribution >= 0.6 is 0 Å². The monoisotopic (exact) mass is 248 g/mol. The van der Waals surface area contributed by atoms with Crippen molar-refractivity contribution in [1.29, 1.82) is 0 Å². The Hall–Kier alpha value is -2.50. The fourth-order valence-corrected chi connectivity index (χ4v) is 1.04. The van der Waals surface area contributed by atoms with Gasteiger partial charge in [0.2, 0.25) is 0 Å². The molecule has 1 rings (SSSR count). The third kappa shape index (κ3) is 5.55. The number of carbonyl (C=O) groups excluding carboxylic acids is 2. The average molecular weight is 248 g/mol. The molecule has 0 atom stereocenters. The lowest BCUT2D eigenvalue weighted by atomic mass is 10.1. The van der Waals surface area contributed by atoms with E-state index in [0.29, 0.717) is 0 Å². The minimum atomic E-state index is -0.487. The molecule has 1 aromatic carbocycles. The molecule has 0 radical (unpaired) electrons. The molecule has 0 aliphatic carbocycles. The van der Waals surface area contributed by atoms with Gasteiger partial charge in [-0.2, -0.15) is 0 Å². The fourth-order valence-electron chi connectivity index (χ4n) is 1.04. The molecular formula is C12H12N2O4. The molecule has 0 saturated heterocycles. The van der Waals surface area contributed by atoms with Gasteiger partial charge in [0.15, 0.2) is 0 Å². The minimum absolute atomic E-state index is 0.487. The summed E-state index contributed by atoms with van der Waals surface area (Å²) in [5.74, 6) is -0.974. The van der Waals surface area contributed by atoms with Crippen molar-refractivity contribution in [1.82, 2.24) is 0 Å². The zero-order chi connectivity index (χ0) is 13.4. The molecule has 94 valence electrons. The number of hydrogen-bond donors (Lipinski definition) is 0. The van der Waals surface area contributed by atoms with Crippen LogP contribution in [-0.2, 0) is 19.3 Å². The lowest BCUT2D eigenvalue weighted by Gasteiger charge is -1.95. The van der Waals surface area contributed by atoms with Crippen LogP contribution in [0.2, 0.25) is 0 Å². The summed E-state index contributed by atoms with van der Waals surface area (Å²) in [6.45, 7) is 2.53. The summed E-state index contributed by atoms with van der Waals surface area (Å²) in [5, 5.41) is 6.97. The van der Waals surface area contributed by atoms with Crippen LogP contribution in [-0.4, -0.2) is 24.4 Å². The Kier molecular flexibility index (Phi) is 5.24. The highest BCUT2D eigenvalue weighted by Crippen LogP contribution is 2.01. The summed E-state index contributed by atoms with van der Waals surface area (Å²) in [4.78, 5) is 29.9. The van der Waals surface area contributed by atoms with Crippen molar-refractivity contribution in [3.05, 3.63) is 35.4 Å². The van der Waals surface area contributed by atoms with E-state index in [1.165, 1.54) is 26.3 Å². The lowest BCUT2D eigenvalue weighted by molar-refractivity contribution is -0.141. The van der Waals surface area contributed by atoms with Crippen molar-refractivity contribution in [3.8, 4) is 0 Å². The minimum Gasteiger partial charge on any atom is -0.319 e. The molecule has 0 saturated carbocycles. The Morgan fingerprint density at radius 3 is 1.83 bits per heavy atom. The van der Waals surface area contributed by atoms with Gasteiger partial charge in [0.05, 0.1) is 12.4 Å². The third-order valence-electron chi connectivity index (χ3n) is 1.68. The topological polar surface area (TPSA) is 77.3 Å². The maximum atomic E-state index is 10.5. The van der Waals surface area contributed by atoms with Crippen molar-refractivity contribution in [2.45, 2.75) is 13.8 Å². The summed E-state index contributed by atoms with van der Waals surface area (Å²) in [5.41, 5.74) is 1.45. The Balaban J connectivity index is 2.67. The summed E-state index contributed by atoms with van der Waals surface area (Å²) < 4.78 is 0. The molecule has 0 aliphatic rings. The second kappa shape index (κ2) is 6.95. The van der Waals surface area contributed by atoms with Gasteiger partial charge >= 0.3 is 11.9 Å². The van der Waals surface area contributed by atoms with E-state index in [2.05, 4.69) is 20.0 Å². The zero-order valence-electron chi connectivity index (χ0n) is 9.99. The maximum Gasteiger partial charge on any atom is 0.331 e. The molecular weight excluding hydrogens is 236 g/mol. The van der Waals surface area contributed by atoms with Gasteiger partial charge in [-0.25, -0.2) is 9.59 Å². The van der Waals surface area contributed by atoms with Gasteiger partial charge in [-0.3, -0.25) is 0 Å². The Morgan fingerprint density at radius 1 is 1.00 bits per heavy atom. The van der Waals surface area contributed by atoms with E-state index in [-0.39, 0.29) is 0 Å². The van der Waals surface area contributed by atoms with Gasteiger partial charge < -0.3 is 9.68 Å². The predicted octanol–water partition coefficient (Wildman–Crippen LogP) is 1.48. The van der Waals surface area contributed by atoms with E-state index in [0.717, 1.165) is 11.1 Å². The fraction of sp³-hybridized carbons (Fsp3) is 0.167. The van der Waals surface area contributed by atoms with E-state index in [1.807, 2.05) is 0 Å². The second-order valence-corrected chi connectivity index (χ2v) is 3.30. The Labute approximate surface area is 104 Å². The van der Waals surface area contributed by atoms with E-state index in [9.17, 15) is 9.59 Å². The van der Waals surface area contributed by atoms with Crippen LogP contribution < -0.4 is 0 Å². The molecule has 0 heterocycles. The first-order valence-electron chi connectivity index (χ1n) is 5.10. The molecule has 6 heteroatoms. The zero-order valence-corrected chi connectivity index (χ0v) is 9.99. The largest absolute Gasteiger partial charge is 0.331 e. The summed E-state index contributed by atoms with van der Waals surface area (Å²) in [6.07, 6.45) is 2.79. The first kappa shape index (κ1) is 13.6. The molecule has 0 aliphatic heterocycles. The first-order valence-corrected chi connectivity index (χ1v) is 5.10. The quantitative estimate of drug-likeness (QED) is 0.459. The van der Waals surface area contributed by atoms with Gasteiger partial charge in [0.1, 0.15) is 0 Å². The van der Waals surface area contributed by atoms with Gasteiger partial charge in [0.25, 0.3) is 0 Å². The first-order chi connectivity index (χ1) is 8.58. The summed E-state index contributed by atoms with van der Waals surface area (Å²) in [7, 11) is 0. The molecule has 6 nitrogen and oxygen atoms in total. The SMILES string of the molecule is CC(=O)ON=Cc1cccc(C=NOC(C)=O)c1. The van der Waals surface area contributed by atoms with Crippen molar-refractivity contribution >= 4 is 24.4 Å². The van der Waals surface area contributed by atoms with Crippen LogP contribution in [0.1, 0.15) is 25.0 Å². The molecule has 18 heavy (non-hydrogen) atoms. The second-order valence-electron chi connectivity index (χ2n) is 3.30. The normalized spacial score (nSPS) is 10.8. The molecule has 0 bridgehead atoms. The summed E-state index contributed by atoms with van der Waals surface area (Å²) in [6, 6.07) is 7.05. The molecule has 0 N–H and O–H groups in total. The number of benzene rings is 1. The van der Waals surface area contributed by atoms with Gasteiger partial charge in [-0.05, 0) is 17.2 Å². The van der Waals surface area contributed by atoms with Crippen LogP contribution in [0.25, 0.3) is 0 Å². The van der Waals surface area contributed by atoms with Crippen LogP contribution in [0.4, 0.5) is 0 Å². The smallest absolute Gasteiger partial charge is 0.319 e. The Bertz CT molecular complexity index is 453. The predicted molar refractivity (Wildman–Crippen MR) is 65.2 cm³/mol. The van der Waals surface area contributed by atoms with E-state index < -0.39 is 11.9 Å². The van der Waals surface area contributed by atoms with Crippen LogP contribution in [0.5, 0.6) is 0 Å². The third-order valence-corrected chi connectivity index (χ3v) is 1.68. The van der Waals surface area contributed by atoms with Crippen LogP contribution in [0.3, 0.4) is 0 Å². The van der Waals surface area contributed by atoms with Crippen LogP contribution in [0.15, 0.2) is 34.6 Å². The molecule has 1 aromatic rings. The molecule has 0 fully saturated rings. The van der Waals surface area contributed by atoms with Crippen LogP contribution in [0, 0.1) is 0 Å². The Morgan fingerprint density at radius 2 is 1.44 bits per heavy atom. The van der Waals surface area contributed by atoms with Gasteiger partial charge in [-0.15, -0.1) is 0 Å². The standard InChI is InChI=1S/C12H12N2O4/c1-9(15)17-13-7-11-4-3-5-12(6-11)8-14-18-10(2)16/h3-8H,1-2H3. The maximum absolute atomic E-state index is 10.5. The van der Waals surface area contributed by atoms with Crippen molar-refractivity contribution in [2.75, 3.05) is 0 Å². The van der Waals surface area contributed by atoms with Crippen molar-refractivity contribution in [3.63, 3.8) is 0 Å². The van der Waals surface area contributed by atoms with Gasteiger partial charge in [-0.1, -0.05) is 28.5 Å². The summed E-state index contributed by atoms with van der Waals surface area (Å²) >= 11 is 0. The number of rotatable bonds is 4. The average Bonchev–Trinajstić information content (AvgIpc) is 2.28. The van der Waals surface area contributed by atoms with E-state index >= 15 is 0 Å². The highest BCUT2D eigenvalue weighted by molar-refractivity contribution is 5.86. The molecule has 0 aromatic heterocycles. The molecule has 0 unspecified atom stereocenters. The molecule has 0 spiro atoms. The number of hydrogen-bond acceptors (Lipinski definition) is 6. The lowest BCUT2D eigenvalue weighted by Crippen LogP contribution is -1.93. The highest BCUT2D eigenvalue weighted by atomic mass is 16.7. The van der Waals surface area contributed by atoms with Crippen molar-refractivity contribution in [2.24, 2.45) is 10.3 Å². The number of oxime groups is 2. The number of carbonyl (C=O) groups is 2. The van der Waals surface area contributed by atoms with Crippen molar-refractivity contribution < 1.29 is 19.3 Å². The highest BCUT2D eigenvalue weighted by Gasteiger charge is 1.93. The van der Waals surface area contributed by atoms with E-state index in [1.54, 1.807) is 24.3 Å². The van der Waals surface area contributed by atoms with E-state index in [4.69, 9.17) is 0 Å².